The number of Topliss-reactive ketones (excluding diaryl/α,β-unsaturated/α-hetero) is 2. The molecule has 0 saturated heterocycles. The van der Waals surface area contributed by atoms with Crippen LogP contribution >= 0.6 is 0 Å². The molecule has 1 aliphatic rings. The molecule has 2 heterocycles. The third-order valence-electron chi connectivity index (χ3n) is 8.45. The van der Waals surface area contributed by atoms with Crippen LogP contribution < -0.4 is 10.2 Å². The lowest BCUT2D eigenvalue weighted by atomic mass is 9.95. The molecule has 2 amide bonds. The molecule has 1 aliphatic heterocycles. The fraction of sp³-hybridized carbons (Fsp3) is 0.514. The molecule has 270 valence electrons. The number of aliphatic hydroxyl groups is 1. The monoisotopic (exact) mass is 691 g/mol. The van der Waals surface area contributed by atoms with Gasteiger partial charge in [0.25, 0.3) is 0 Å². The fourth-order valence-electron chi connectivity index (χ4n) is 5.77. The van der Waals surface area contributed by atoms with E-state index >= 15 is 0 Å². The van der Waals surface area contributed by atoms with Gasteiger partial charge >= 0.3 is 0 Å². The summed E-state index contributed by atoms with van der Waals surface area (Å²) >= 11 is 0. The standard InChI is InChI=1S/C37H49N5O8/c1-4-19-42-36-30-13-9-8-12-28(30)23-41(32-15-11-10-14-31(32)35(36)39-40-42)34(46)17-7-5-6-16-33(45)38-18-20-48-21-22-49-26(2)37(47)27(3)50-25-29(44)24-43/h8-15,26-27,43H,4-7,16-25H2,1-3H3,(H,38,45). The number of unbranched alkanes of at least 4 members (excludes halogenated alkanes) is 2. The molecule has 0 spiro atoms. The highest BCUT2D eigenvalue weighted by atomic mass is 16.5. The number of nitrogens with one attached hydrogen (secondary N) is 1. The Morgan fingerprint density at radius 3 is 2.40 bits per heavy atom. The third kappa shape index (κ3) is 10.6. The van der Waals surface area contributed by atoms with Crippen molar-refractivity contribution < 1.29 is 38.5 Å². The average Bonchev–Trinajstić information content (AvgIpc) is 3.53. The van der Waals surface area contributed by atoms with Gasteiger partial charge in [0.15, 0.2) is 11.6 Å². The van der Waals surface area contributed by atoms with Gasteiger partial charge in [-0.15, -0.1) is 5.10 Å². The van der Waals surface area contributed by atoms with Crippen molar-refractivity contribution in [2.75, 3.05) is 44.5 Å². The van der Waals surface area contributed by atoms with Gasteiger partial charge in [-0.2, -0.15) is 0 Å². The number of fused-ring (bicyclic) bond motifs is 5. The summed E-state index contributed by atoms with van der Waals surface area (Å²) in [5, 5.41) is 20.6. The summed E-state index contributed by atoms with van der Waals surface area (Å²) in [6, 6.07) is 16.0. The Morgan fingerprint density at radius 2 is 1.62 bits per heavy atom. The minimum Gasteiger partial charge on any atom is -0.388 e. The lowest BCUT2D eigenvalue weighted by Crippen LogP contribution is -2.34. The number of rotatable bonds is 21. The SMILES string of the molecule is CCCn1nnc2c1-c1ccccc1CN(C(=O)CCCCCC(=O)NCCOCCOC(C)C(=O)C(C)OCC(=O)CO)c1ccccc1-2. The lowest BCUT2D eigenvalue weighted by molar-refractivity contribution is -0.144. The molecular formula is C37H49N5O8. The molecule has 2 atom stereocenters. The molecule has 13 heteroatoms. The highest BCUT2D eigenvalue weighted by molar-refractivity contribution is 6.00. The van der Waals surface area contributed by atoms with Gasteiger partial charge < -0.3 is 29.5 Å². The number of carbonyl (C=O) groups is 4. The van der Waals surface area contributed by atoms with Crippen molar-refractivity contribution in [2.45, 2.75) is 84.6 Å². The van der Waals surface area contributed by atoms with Crippen molar-refractivity contribution in [1.29, 1.82) is 0 Å². The number of aromatic nitrogens is 3. The van der Waals surface area contributed by atoms with Crippen molar-refractivity contribution in [3.8, 4) is 22.5 Å². The number of ketones is 2. The second-order valence-electron chi connectivity index (χ2n) is 12.3. The van der Waals surface area contributed by atoms with Crippen LogP contribution in [0.1, 0.15) is 64.9 Å². The van der Waals surface area contributed by atoms with E-state index in [-0.39, 0.29) is 37.4 Å². The van der Waals surface area contributed by atoms with E-state index in [1.54, 1.807) is 6.92 Å². The minimum absolute atomic E-state index is 0.0263. The first-order chi connectivity index (χ1) is 24.2. The summed E-state index contributed by atoms with van der Waals surface area (Å²) in [4.78, 5) is 51.3. The van der Waals surface area contributed by atoms with Gasteiger partial charge in [0, 0.05) is 37.1 Å². The Bertz CT molecular complexity index is 1590. The first kappa shape index (κ1) is 38.5. The van der Waals surface area contributed by atoms with E-state index in [1.165, 1.54) is 6.92 Å². The summed E-state index contributed by atoms with van der Waals surface area (Å²) in [5.74, 6) is -0.867. The van der Waals surface area contributed by atoms with Crippen LogP contribution in [0.4, 0.5) is 5.69 Å². The number of amides is 2. The summed E-state index contributed by atoms with van der Waals surface area (Å²) in [6.07, 6.45) is 2.16. The zero-order valence-corrected chi connectivity index (χ0v) is 29.3. The summed E-state index contributed by atoms with van der Waals surface area (Å²) in [6.45, 7) is 6.54. The van der Waals surface area contributed by atoms with E-state index < -0.39 is 24.6 Å². The second-order valence-corrected chi connectivity index (χ2v) is 12.3. The van der Waals surface area contributed by atoms with Gasteiger partial charge in [0.05, 0.1) is 37.7 Å². The van der Waals surface area contributed by atoms with Gasteiger partial charge in [0.2, 0.25) is 11.8 Å². The van der Waals surface area contributed by atoms with Crippen LogP contribution in [0.5, 0.6) is 0 Å². The molecule has 0 bridgehead atoms. The number of anilines is 1. The number of hydrogen-bond acceptors (Lipinski definition) is 10. The quantitative estimate of drug-likeness (QED) is 0.157. The molecule has 2 unspecified atom stereocenters. The number of carbonyl (C=O) groups excluding carboxylic acids is 4. The molecule has 13 nitrogen and oxygen atoms in total. The van der Waals surface area contributed by atoms with Crippen molar-refractivity contribution >= 4 is 29.1 Å². The predicted octanol–water partition coefficient (Wildman–Crippen LogP) is 3.89. The number of ether oxygens (including phenoxy) is 3. The Labute approximate surface area is 293 Å². The Balaban J connectivity index is 1.15. The fourth-order valence-corrected chi connectivity index (χ4v) is 5.77. The van der Waals surface area contributed by atoms with Crippen LogP contribution in [0.3, 0.4) is 0 Å². The van der Waals surface area contributed by atoms with E-state index in [0.717, 1.165) is 53.2 Å². The molecule has 0 aliphatic carbocycles. The molecule has 2 aromatic carbocycles. The predicted molar refractivity (Wildman–Crippen MR) is 187 cm³/mol. The third-order valence-corrected chi connectivity index (χ3v) is 8.45. The van der Waals surface area contributed by atoms with Gasteiger partial charge in [0.1, 0.15) is 31.1 Å². The first-order valence-electron chi connectivity index (χ1n) is 17.4. The Morgan fingerprint density at radius 1 is 0.900 bits per heavy atom. The number of benzene rings is 2. The maximum atomic E-state index is 13.7. The normalized spacial score (nSPS) is 13.3. The number of aliphatic hydroxyl groups excluding tert-OH is 1. The zero-order valence-electron chi connectivity index (χ0n) is 29.3. The maximum Gasteiger partial charge on any atom is 0.227 e. The Kier molecular flexibility index (Phi) is 15.2. The summed E-state index contributed by atoms with van der Waals surface area (Å²) in [5.41, 5.74) is 5.54. The van der Waals surface area contributed by atoms with Crippen LogP contribution in [-0.4, -0.2) is 95.3 Å². The van der Waals surface area contributed by atoms with E-state index in [2.05, 4.69) is 34.7 Å². The number of hydrogen-bond donors (Lipinski definition) is 2. The molecule has 0 saturated carbocycles. The van der Waals surface area contributed by atoms with Crippen LogP contribution in [0.25, 0.3) is 22.5 Å². The van der Waals surface area contributed by atoms with Gasteiger partial charge in [-0.3, -0.25) is 19.2 Å². The molecule has 2 N–H and O–H groups in total. The van der Waals surface area contributed by atoms with Gasteiger partial charge in [-0.1, -0.05) is 61.0 Å². The van der Waals surface area contributed by atoms with Crippen molar-refractivity contribution in [1.82, 2.24) is 20.3 Å². The van der Waals surface area contributed by atoms with E-state index in [9.17, 15) is 19.2 Å². The number of para-hydroxylation sites is 1. The Hall–Kier alpha value is -4.30. The van der Waals surface area contributed by atoms with Crippen molar-refractivity contribution in [3.63, 3.8) is 0 Å². The number of nitrogens with zero attached hydrogens (tertiary/aromatic N) is 4. The second kappa shape index (κ2) is 19.8. The van der Waals surface area contributed by atoms with Gasteiger partial charge in [-0.25, -0.2) is 4.68 Å². The van der Waals surface area contributed by atoms with Crippen LogP contribution in [0, 0.1) is 0 Å². The largest absolute Gasteiger partial charge is 0.388 e. The highest BCUT2D eigenvalue weighted by Gasteiger charge is 2.28. The minimum atomic E-state index is -0.833. The molecule has 0 fully saturated rings. The zero-order chi connectivity index (χ0) is 35.9. The summed E-state index contributed by atoms with van der Waals surface area (Å²) < 4.78 is 18.1. The average molecular weight is 692 g/mol. The lowest BCUT2D eigenvalue weighted by Gasteiger charge is -2.28. The molecular weight excluding hydrogens is 642 g/mol. The van der Waals surface area contributed by atoms with Gasteiger partial charge in [-0.05, 0) is 44.7 Å². The van der Waals surface area contributed by atoms with E-state index in [0.29, 0.717) is 45.4 Å². The van der Waals surface area contributed by atoms with Crippen molar-refractivity contribution in [3.05, 3.63) is 54.1 Å². The first-order valence-corrected chi connectivity index (χ1v) is 17.4. The van der Waals surface area contributed by atoms with Crippen LogP contribution in [0.15, 0.2) is 48.5 Å². The molecule has 4 rings (SSSR count). The van der Waals surface area contributed by atoms with Crippen LogP contribution in [-0.2, 0) is 46.5 Å². The van der Waals surface area contributed by atoms with E-state index in [1.807, 2.05) is 46.0 Å². The molecule has 1 aromatic heterocycles. The van der Waals surface area contributed by atoms with Crippen LogP contribution in [0.2, 0.25) is 0 Å². The molecule has 0 radical (unpaired) electrons. The molecule has 50 heavy (non-hydrogen) atoms. The maximum absolute atomic E-state index is 13.7. The smallest absolute Gasteiger partial charge is 0.227 e. The van der Waals surface area contributed by atoms with Crippen molar-refractivity contribution in [2.24, 2.45) is 0 Å². The highest BCUT2D eigenvalue weighted by Crippen LogP contribution is 2.41. The molecule has 3 aromatic rings. The topological polar surface area (TPSA) is 162 Å². The number of aryl methyl sites for hydroxylation is 1. The summed E-state index contributed by atoms with van der Waals surface area (Å²) in [7, 11) is 0. The van der Waals surface area contributed by atoms with E-state index in [4.69, 9.17) is 19.3 Å².